The lowest BCUT2D eigenvalue weighted by Gasteiger charge is -2.19. The number of likely N-dealkylation sites (N-methyl/N-ethyl adjacent to an activating group) is 1. The van der Waals surface area contributed by atoms with E-state index in [4.69, 9.17) is 0 Å². The molecule has 0 saturated carbocycles. The molecule has 0 aliphatic carbocycles. The Morgan fingerprint density at radius 1 is 1.50 bits per heavy atom. The number of aliphatic hydroxyl groups is 1. The molecule has 1 aromatic heterocycles. The number of thiophene rings is 1. The summed E-state index contributed by atoms with van der Waals surface area (Å²) < 4.78 is 0. The number of hydrogen-bond acceptors (Lipinski definition) is 6. The summed E-state index contributed by atoms with van der Waals surface area (Å²) in [4.78, 5) is 26.5. The quantitative estimate of drug-likeness (QED) is 0.673. The Bertz CT molecular complexity index is 529. The average molecular weight is 299 g/mol. The molecule has 2 heterocycles. The lowest BCUT2D eigenvalue weighted by molar-refractivity contribution is -0.383. The van der Waals surface area contributed by atoms with Crippen molar-refractivity contribution < 1.29 is 14.8 Å². The van der Waals surface area contributed by atoms with Crippen molar-refractivity contribution >= 4 is 27.9 Å². The molecular weight excluding hydrogens is 282 g/mol. The van der Waals surface area contributed by atoms with Crippen LogP contribution in [0.5, 0.6) is 0 Å². The van der Waals surface area contributed by atoms with Crippen molar-refractivity contribution in [2.24, 2.45) is 0 Å². The minimum absolute atomic E-state index is 0.0387. The van der Waals surface area contributed by atoms with E-state index in [1.807, 2.05) is 0 Å². The molecule has 0 spiro atoms. The number of carbonyl (C=O) groups excluding carboxylic acids is 1. The molecule has 1 atom stereocenters. The van der Waals surface area contributed by atoms with Crippen LogP contribution in [-0.4, -0.2) is 47.5 Å². The van der Waals surface area contributed by atoms with E-state index in [0.717, 1.165) is 6.42 Å². The second kappa shape index (κ2) is 5.76. The molecule has 1 aliphatic heterocycles. The van der Waals surface area contributed by atoms with Crippen LogP contribution in [0.1, 0.15) is 24.3 Å². The van der Waals surface area contributed by atoms with Gasteiger partial charge in [-0.15, -0.1) is 11.3 Å². The molecule has 7 nitrogen and oxygen atoms in total. The predicted molar refractivity (Wildman–Crippen MR) is 76.1 cm³/mol. The van der Waals surface area contributed by atoms with Gasteiger partial charge in [0.2, 0.25) is 5.91 Å². The zero-order chi connectivity index (χ0) is 14.9. The molecular formula is C12H17N3O4S. The van der Waals surface area contributed by atoms with E-state index in [9.17, 15) is 20.0 Å². The van der Waals surface area contributed by atoms with Gasteiger partial charge in [-0.25, -0.2) is 0 Å². The van der Waals surface area contributed by atoms with E-state index < -0.39 is 11.0 Å². The van der Waals surface area contributed by atoms with Gasteiger partial charge in [0.15, 0.2) is 5.00 Å². The molecule has 0 bridgehead atoms. The van der Waals surface area contributed by atoms with Crippen molar-refractivity contribution in [1.29, 1.82) is 0 Å². The van der Waals surface area contributed by atoms with Gasteiger partial charge in [0, 0.05) is 31.1 Å². The number of carbonyl (C=O) groups is 1. The van der Waals surface area contributed by atoms with Gasteiger partial charge < -0.3 is 14.9 Å². The van der Waals surface area contributed by atoms with Crippen LogP contribution in [0.3, 0.4) is 0 Å². The number of hydrogen-bond donors (Lipinski definition) is 1. The first kappa shape index (κ1) is 14.7. The Balaban J connectivity index is 2.35. The van der Waals surface area contributed by atoms with Crippen molar-refractivity contribution in [2.45, 2.75) is 19.4 Å². The molecule has 1 amide bonds. The molecule has 20 heavy (non-hydrogen) atoms. The van der Waals surface area contributed by atoms with Crippen molar-refractivity contribution in [3.63, 3.8) is 0 Å². The summed E-state index contributed by atoms with van der Waals surface area (Å²) in [5.74, 6) is -0.0520. The molecule has 110 valence electrons. The van der Waals surface area contributed by atoms with Crippen LogP contribution in [0.25, 0.3) is 0 Å². The van der Waals surface area contributed by atoms with Crippen molar-refractivity contribution in [3.8, 4) is 0 Å². The van der Waals surface area contributed by atoms with E-state index in [-0.39, 0.29) is 18.1 Å². The first-order valence-corrected chi connectivity index (χ1v) is 7.17. The molecule has 1 saturated heterocycles. The number of amides is 1. The van der Waals surface area contributed by atoms with Crippen LogP contribution in [0.15, 0.2) is 6.07 Å². The zero-order valence-electron chi connectivity index (χ0n) is 11.4. The maximum atomic E-state index is 11.9. The Morgan fingerprint density at radius 2 is 2.20 bits per heavy atom. The summed E-state index contributed by atoms with van der Waals surface area (Å²) in [5, 5.41) is 21.2. The molecule has 1 fully saturated rings. The van der Waals surface area contributed by atoms with Gasteiger partial charge in [-0.2, -0.15) is 0 Å². The summed E-state index contributed by atoms with van der Waals surface area (Å²) >= 11 is 1.18. The number of rotatable bonds is 3. The lowest BCUT2D eigenvalue weighted by Crippen LogP contribution is -2.34. The Kier molecular flexibility index (Phi) is 4.24. The number of nitrogens with zero attached hydrogens (tertiary/aromatic N) is 3. The van der Waals surface area contributed by atoms with E-state index >= 15 is 0 Å². The summed E-state index contributed by atoms with van der Waals surface area (Å²) in [6.07, 6.45) is 0.0132. The van der Waals surface area contributed by atoms with Gasteiger partial charge in [-0.3, -0.25) is 14.9 Å². The van der Waals surface area contributed by atoms with Gasteiger partial charge >= 0.3 is 5.69 Å². The fourth-order valence-electron chi connectivity index (χ4n) is 2.11. The Hall–Kier alpha value is -1.67. The first-order chi connectivity index (χ1) is 9.40. The normalized spacial score (nSPS) is 18.1. The SMILES string of the molecule is C[C@H](O)c1cc([N+](=O)[O-])c(N2CCCN(C)C(=O)C2)s1. The maximum absolute atomic E-state index is 11.9. The highest BCUT2D eigenvalue weighted by Crippen LogP contribution is 2.40. The third-order valence-electron chi connectivity index (χ3n) is 3.28. The van der Waals surface area contributed by atoms with E-state index in [2.05, 4.69) is 0 Å². The number of aliphatic hydroxyl groups excluding tert-OH is 1. The predicted octanol–water partition coefficient (Wildman–Crippen LogP) is 1.38. The third-order valence-corrected chi connectivity index (χ3v) is 4.64. The molecule has 0 aromatic carbocycles. The van der Waals surface area contributed by atoms with Crippen molar-refractivity contribution in [1.82, 2.24) is 4.90 Å². The first-order valence-electron chi connectivity index (χ1n) is 6.35. The molecule has 1 N–H and O–H groups in total. The average Bonchev–Trinajstić information content (AvgIpc) is 2.75. The van der Waals surface area contributed by atoms with Gasteiger partial charge in [-0.05, 0) is 13.3 Å². The van der Waals surface area contributed by atoms with E-state index in [0.29, 0.717) is 23.0 Å². The minimum atomic E-state index is -0.752. The summed E-state index contributed by atoms with van der Waals surface area (Å²) in [5.41, 5.74) is -0.0387. The monoisotopic (exact) mass is 299 g/mol. The third kappa shape index (κ3) is 2.91. The second-order valence-corrected chi connectivity index (χ2v) is 5.92. The van der Waals surface area contributed by atoms with Crippen LogP contribution in [-0.2, 0) is 4.79 Å². The molecule has 8 heteroatoms. The largest absolute Gasteiger partial charge is 0.388 e. The van der Waals surface area contributed by atoms with Gasteiger partial charge in [0.05, 0.1) is 17.6 Å². The molecule has 0 unspecified atom stereocenters. The summed E-state index contributed by atoms with van der Waals surface area (Å²) in [7, 11) is 1.73. The van der Waals surface area contributed by atoms with Crippen LogP contribution in [0.4, 0.5) is 10.7 Å². The maximum Gasteiger partial charge on any atom is 0.304 e. The molecule has 1 aromatic rings. The molecule has 0 radical (unpaired) electrons. The smallest absolute Gasteiger partial charge is 0.304 e. The van der Waals surface area contributed by atoms with Crippen LogP contribution >= 0.6 is 11.3 Å². The van der Waals surface area contributed by atoms with Crippen molar-refractivity contribution in [2.75, 3.05) is 31.6 Å². The summed E-state index contributed by atoms with van der Waals surface area (Å²) in [6, 6.07) is 1.39. The fourth-order valence-corrected chi connectivity index (χ4v) is 3.20. The second-order valence-electron chi connectivity index (χ2n) is 4.86. The van der Waals surface area contributed by atoms with Crippen LogP contribution in [0, 0.1) is 10.1 Å². The Labute approximate surface area is 120 Å². The van der Waals surface area contributed by atoms with Crippen LogP contribution < -0.4 is 4.90 Å². The van der Waals surface area contributed by atoms with E-state index in [1.54, 1.807) is 23.8 Å². The highest BCUT2D eigenvalue weighted by Gasteiger charge is 2.28. The van der Waals surface area contributed by atoms with Crippen molar-refractivity contribution in [3.05, 3.63) is 21.1 Å². The van der Waals surface area contributed by atoms with Crippen LogP contribution in [0.2, 0.25) is 0 Å². The number of nitro groups is 1. The van der Waals surface area contributed by atoms with Gasteiger partial charge in [0.25, 0.3) is 0 Å². The van der Waals surface area contributed by atoms with Gasteiger partial charge in [-0.1, -0.05) is 0 Å². The standard InChI is InChI=1S/C12H17N3O4S/c1-8(16)10-6-9(15(18)19)12(20-10)14-5-3-4-13(2)11(17)7-14/h6,8,16H,3-5,7H2,1-2H3/t8-/m0/s1. The minimum Gasteiger partial charge on any atom is -0.388 e. The highest BCUT2D eigenvalue weighted by atomic mass is 32.1. The molecule has 2 rings (SSSR count). The number of anilines is 1. The fraction of sp³-hybridized carbons (Fsp3) is 0.583. The molecule has 1 aliphatic rings. The highest BCUT2D eigenvalue weighted by molar-refractivity contribution is 7.16. The topological polar surface area (TPSA) is 86.9 Å². The van der Waals surface area contributed by atoms with Gasteiger partial charge in [0.1, 0.15) is 0 Å². The van der Waals surface area contributed by atoms with E-state index in [1.165, 1.54) is 17.4 Å². The Morgan fingerprint density at radius 3 is 2.80 bits per heavy atom. The zero-order valence-corrected chi connectivity index (χ0v) is 12.2. The summed E-state index contributed by atoms with van der Waals surface area (Å²) in [6.45, 7) is 2.95. The lowest BCUT2D eigenvalue weighted by atomic mass is 10.3.